The van der Waals surface area contributed by atoms with Gasteiger partial charge in [-0.2, -0.15) is 0 Å². The van der Waals surface area contributed by atoms with Crippen LogP contribution in [0, 0.1) is 5.92 Å². The molecule has 0 fully saturated rings. The third kappa shape index (κ3) is 7.06. The summed E-state index contributed by atoms with van der Waals surface area (Å²) in [4.78, 5) is 2.43. The lowest BCUT2D eigenvalue weighted by Gasteiger charge is -2.21. The Morgan fingerprint density at radius 2 is 1.77 bits per heavy atom. The third-order valence-electron chi connectivity index (χ3n) is 2.90. The third-order valence-corrected chi connectivity index (χ3v) is 2.90. The standard InChI is InChI=1S/C12H27N/c1-5-8-9-10-12(6-2)11-13(4)7-3/h12H,5-11H2,1-4H3. The summed E-state index contributed by atoms with van der Waals surface area (Å²) in [5, 5.41) is 0. The van der Waals surface area contributed by atoms with E-state index >= 15 is 0 Å². The number of unbranched alkanes of at least 4 members (excludes halogenated alkanes) is 2. The van der Waals surface area contributed by atoms with Gasteiger partial charge in [0.2, 0.25) is 0 Å². The van der Waals surface area contributed by atoms with Crippen LogP contribution in [-0.4, -0.2) is 25.0 Å². The van der Waals surface area contributed by atoms with Crippen LogP contribution in [0.5, 0.6) is 0 Å². The highest BCUT2D eigenvalue weighted by Gasteiger charge is 2.07. The number of hydrogen-bond donors (Lipinski definition) is 0. The number of nitrogens with zero attached hydrogens (tertiary/aromatic N) is 1. The predicted molar refractivity (Wildman–Crippen MR) is 61.1 cm³/mol. The van der Waals surface area contributed by atoms with Crippen molar-refractivity contribution in [3.8, 4) is 0 Å². The van der Waals surface area contributed by atoms with Gasteiger partial charge in [-0.1, -0.05) is 46.5 Å². The smallest absolute Gasteiger partial charge is 0.000639 e. The lowest BCUT2D eigenvalue weighted by Crippen LogP contribution is -2.25. The fraction of sp³-hybridized carbons (Fsp3) is 1.00. The molecule has 80 valence electrons. The molecule has 1 unspecified atom stereocenters. The maximum absolute atomic E-state index is 2.43. The molecule has 0 spiro atoms. The van der Waals surface area contributed by atoms with Gasteiger partial charge < -0.3 is 4.90 Å². The number of rotatable bonds is 8. The molecule has 1 atom stereocenters. The molecular weight excluding hydrogens is 158 g/mol. The molecule has 0 aliphatic carbocycles. The highest BCUT2D eigenvalue weighted by molar-refractivity contribution is 4.61. The van der Waals surface area contributed by atoms with E-state index in [0.717, 1.165) is 5.92 Å². The first-order chi connectivity index (χ1) is 6.24. The topological polar surface area (TPSA) is 3.24 Å². The summed E-state index contributed by atoms with van der Waals surface area (Å²) in [6.45, 7) is 9.30. The van der Waals surface area contributed by atoms with Gasteiger partial charge in [0.1, 0.15) is 0 Å². The molecule has 1 nitrogen and oxygen atoms in total. The van der Waals surface area contributed by atoms with Crippen molar-refractivity contribution in [2.45, 2.75) is 52.9 Å². The molecule has 0 aliphatic heterocycles. The fourth-order valence-electron chi connectivity index (χ4n) is 1.68. The van der Waals surface area contributed by atoms with E-state index in [0.29, 0.717) is 0 Å². The van der Waals surface area contributed by atoms with Crippen molar-refractivity contribution in [1.82, 2.24) is 4.90 Å². The van der Waals surface area contributed by atoms with Crippen LogP contribution in [0.25, 0.3) is 0 Å². The zero-order valence-electron chi connectivity index (χ0n) is 9.97. The lowest BCUT2D eigenvalue weighted by molar-refractivity contribution is 0.269. The van der Waals surface area contributed by atoms with Gasteiger partial charge in [0, 0.05) is 6.54 Å². The minimum absolute atomic E-state index is 0.927. The molecular formula is C12H27N. The Labute approximate surface area is 84.5 Å². The zero-order chi connectivity index (χ0) is 10.1. The van der Waals surface area contributed by atoms with Crippen LogP contribution in [0.4, 0.5) is 0 Å². The molecule has 0 N–H and O–H groups in total. The highest BCUT2D eigenvalue weighted by atomic mass is 15.1. The zero-order valence-corrected chi connectivity index (χ0v) is 9.97. The van der Waals surface area contributed by atoms with Crippen molar-refractivity contribution in [3.05, 3.63) is 0 Å². The molecule has 0 aromatic heterocycles. The fourth-order valence-corrected chi connectivity index (χ4v) is 1.68. The van der Waals surface area contributed by atoms with Crippen LogP contribution in [0.2, 0.25) is 0 Å². The minimum Gasteiger partial charge on any atom is -0.306 e. The van der Waals surface area contributed by atoms with Gasteiger partial charge in [0.05, 0.1) is 0 Å². The van der Waals surface area contributed by atoms with E-state index in [1.807, 2.05) is 0 Å². The first-order valence-electron chi connectivity index (χ1n) is 5.93. The van der Waals surface area contributed by atoms with Crippen molar-refractivity contribution in [2.75, 3.05) is 20.1 Å². The van der Waals surface area contributed by atoms with Crippen molar-refractivity contribution in [1.29, 1.82) is 0 Å². The summed E-state index contributed by atoms with van der Waals surface area (Å²) >= 11 is 0. The second kappa shape index (κ2) is 8.55. The first-order valence-corrected chi connectivity index (χ1v) is 5.93. The molecule has 1 heteroatoms. The van der Waals surface area contributed by atoms with E-state index in [2.05, 4.69) is 32.7 Å². The van der Waals surface area contributed by atoms with Crippen LogP contribution in [0.1, 0.15) is 52.9 Å². The Morgan fingerprint density at radius 1 is 1.08 bits per heavy atom. The SMILES string of the molecule is CCCCCC(CC)CN(C)CC. The van der Waals surface area contributed by atoms with Gasteiger partial charge in [-0.25, -0.2) is 0 Å². The van der Waals surface area contributed by atoms with Crippen LogP contribution in [-0.2, 0) is 0 Å². The van der Waals surface area contributed by atoms with E-state index in [9.17, 15) is 0 Å². The molecule has 0 aliphatic rings. The second-order valence-electron chi connectivity index (χ2n) is 4.12. The van der Waals surface area contributed by atoms with Crippen LogP contribution >= 0.6 is 0 Å². The normalized spacial score (nSPS) is 13.6. The molecule has 0 saturated carbocycles. The van der Waals surface area contributed by atoms with E-state index in [1.165, 1.54) is 45.2 Å². The Bertz CT molecular complexity index is 101. The van der Waals surface area contributed by atoms with Crippen molar-refractivity contribution in [2.24, 2.45) is 5.92 Å². The van der Waals surface area contributed by atoms with Gasteiger partial charge in [0.25, 0.3) is 0 Å². The average Bonchev–Trinajstić information content (AvgIpc) is 2.16. The maximum Gasteiger partial charge on any atom is 0.000639 e. The summed E-state index contributed by atoms with van der Waals surface area (Å²) in [6.07, 6.45) is 6.95. The Morgan fingerprint density at radius 3 is 2.23 bits per heavy atom. The molecule has 0 amide bonds. The molecule has 0 bridgehead atoms. The molecule has 13 heavy (non-hydrogen) atoms. The van der Waals surface area contributed by atoms with E-state index < -0.39 is 0 Å². The molecule has 0 aromatic carbocycles. The van der Waals surface area contributed by atoms with E-state index in [-0.39, 0.29) is 0 Å². The summed E-state index contributed by atoms with van der Waals surface area (Å²) in [5.41, 5.74) is 0. The summed E-state index contributed by atoms with van der Waals surface area (Å²) in [6, 6.07) is 0. The second-order valence-corrected chi connectivity index (χ2v) is 4.12. The summed E-state index contributed by atoms with van der Waals surface area (Å²) in [7, 11) is 2.22. The van der Waals surface area contributed by atoms with Gasteiger partial charge in [-0.3, -0.25) is 0 Å². The first kappa shape index (κ1) is 13.0. The monoisotopic (exact) mass is 185 g/mol. The molecule has 0 radical (unpaired) electrons. The van der Waals surface area contributed by atoms with Crippen molar-refractivity contribution in [3.63, 3.8) is 0 Å². The van der Waals surface area contributed by atoms with E-state index in [1.54, 1.807) is 0 Å². The number of hydrogen-bond acceptors (Lipinski definition) is 1. The Hall–Kier alpha value is -0.0400. The largest absolute Gasteiger partial charge is 0.306 e. The quantitative estimate of drug-likeness (QED) is 0.523. The average molecular weight is 185 g/mol. The maximum atomic E-state index is 2.43. The Kier molecular flexibility index (Phi) is 8.53. The van der Waals surface area contributed by atoms with Crippen LogP contribution < -0.4 is 0 Å². The molecule has 0 rings (SSSR count). The molecule has 0 saturated heterocycles. The molecule has 0 aromatic rings. The minimum atomic E-state index is 0.927. The molecule has 0 heterocycles. The van der Waals surface area contributed by atoms with Crippen molar-refractivity contribution < 1.29 is 0 Å². The van der Waals surface area contributed by atoms with Crippen molar-refractivity contribution >= 4 is 0 Å². The van der Waals surface area contributed by atoms with Crippen LogP contribution in [0.15, 0.2) is 0 Å². The summed E-state index contributed by atoms with van der Waals surface area (Å²) in [5.74, 6) is 0.927. The van der Waals surface area contributed by atoms with Gasteiger partial charge in [-0.05, 0) is 25.9 Å². The van der Waals surface area contributed by atoms with Gasteiger partial charge in [0.15, 0.2) is 0 Å². The lowest BCUT2D eigenvalue weighted by atomic mass is 9.98. The van der Waals surface area contributed by atoms with Gasteiger partial charge >= 0.3 is 0 Å². The Balaban J connectivity index is 3.50. The highest BCUT2D eigenvalue weighted by Crippen LogP contribution is 2.14. The predicted octanol–water partition coefficient (Wildman–Crippen LogP) is 3.54. The van der Waals surface area contributed by atoms with E-state index in [4.69, 9.17) is 0 Å². The summed E-state index contributed by atoms with van der Waals surface area (Å²) < 4.78 is 0. The van der Waals surface area contributed by atoms with Crippen LogP contribution in [0.3, 0.4) is 0 Å². The van der Waals surface area contributed by atoms with Gasteiger partial charge in [-0.15, -0.1) is 0 Å².